The van der Waals surface area contributed by atoms with E-state index < -0.39 is 9.84 Å². The summed E-state index contributed by atoms with van der Waals surface area (Å²) in [5, 5.41) is 2.84. The highest BCUT2D eigenvalue weighted by Crippen LogP contribution is 2.41. The van der Waals surface area contributed by atoms with Crippen LogP contribution in [0.2, 0.25) is 0 Å². The first kappa shape index (κ1) is 22.9. The van der Waals surface area contributed by atoms with Gasteiger partial charge in [-0.05, 0) is 60.8 Å². The van der Waals surface area contributed by atoms with Gasteiger partial charge in [-0.2, -0.15) is 0 Å². The highest BCUT2D eigenvalue weighted by atomic mass is 32.2. The number of amides is 2. The quantitative estimate of drug-likeness (QED) is 0.578. The number of nitrogens with zero attached hydrogens (tertiary/aromatic N) is 2. The Hall–Kier alpha value is -3.49. The van der Waals surface area contributed by atoms with Crippen LogP contribution in [0.4, 0.5) is 11.4 Å². The van der Waals surface area contributed by atoms with E-state index in [1.165, 1.54) is 0 Å². The van der Waals surface area contributed by atoms with Crippen molar-refractivity contribution in [3.05, 3.63) is 89.5 Å². The first-order valence-electron chi connectivity index (χ1n) is 12.3. The third kappa shape index (κ3) is 3.90. The minimum atomic E-state index is -3.46. The monoisotopic (exact) mass is 501 g/mol. The Labute approximate surface area is 210 Å². The molecule has 36 heavy (non-hydrogen) atoms. The second kappa shape index (κ2) is 8.87. The Morgan fingerprint density at radius 1 is 0.861 bits per heavy atom. The van der Waals surface area contributed by atoms with Gasteiger partial charge in [0.05, 0.1) is 28.1 Å². The van der Waals surface area contributed by atoms with Crippen molar-refractivity contribution >= 4 is 33.0 Å². The van der Waals surface area contributed by atoms with Gasteiger partial charge in [-0.1, -0.05) is 54.6 Å². The molecule has 7 nitrogen and oxygen atoms in total. The Balaban J connectivity index is 1.28. The smallest absolute Gasteiger partial charge is 0.244 e. The van der Waals surface area contributed by atoms with Crippen LogP contribution in [0.15, 0.2) is 77.7 Å². The summed E-state index contributed by atoms with van der Waals surface area (Å²) in [6.07, 6.45) is 1.29. The third-order valence-corrected chi connectivity index (χ3v) is 9.26. The van der Waals surface area contributed by atoms with Gasteiger partial charge in [0.15, 0.2) is 9.84 Å². The van der Waals surface area contributed by atoms with E-state index >= 15 is 0 Å². The number of rotatable bonds is 2. The van der Waals surface area contributed by atoms with Crippen molar-refractivity contribution in [3.8, 4) is 0 Å². The number of anilines is 2. The molecule has 1 fully saturated rings. The molecule has 3 aliphatic heterocycles. The predicted molar refractivity (Wildman–Crippen MR) is 137 cm³/mol. The minimum absolute atomic E-state index is 0.0118. The fourth-order valence-corrected chi connectivity index (χ4v) is 7.47. The van der Waals surface area contributed by atoms with Crippen LogP contribution in [0.1, 0.15) is 35.6 Å². The lowest BCUT2D eigenvalue weighted by atomic mass is 9.89. The van der Waals surface area contributed by atoms with Crippen LogP contribution in [0, 0.1) is 5.92 Å². The van der Waals surface area contributed by atoms with Crippen LogP contribution in [0.3, 0.4) is 0 Å². The normalized spacial score (nSPS) is 21.5. The fourth-order valence-electron chi connectivity index (χ4n) is 5.82. The zero-order valence-electron chi connectivity index (χ0n) is 19.8. The van der Waals surface area contributed by atoms with Gasteiger partial charge in [0.1, 0.15) is 6.54 Å². The number of para-hydroxylation sites is 2. The molecule has 184 valence electrons. The molecule has 1 atom stereocenters. The summed E-state index contributed by atoms with van der Waals surface area (Å²) in [6, 6.07) is 22.3. The molecular formula is C28H27N3O4S. The lowest BCUT2D eigenvalue weighted by Gasteiger charge is -2.40. The molecule has 0 aromatic heterocycles. The number of nitrogens with one attached hydrogen (secondary N) is 1. The number of sulfone groups is 1. The molecule has 1 N–H and O–H groups in total. The van der Waals surface area contributed by atoms with Gasteiger partial charge in [0, 0.05) is 5.92 Å². The highest BCUT2D eigenvalue weighted by Gasteiger charge is 2.38. The maximum atomic E-state index is 13.5. The van der Waals surface area contributed by atoms with Crippen molar-refractivity contribution in [2.45, 2.75) is 29.5 Å². The van der Waals surface area contributed by atoms with Crippen LogP contribution >= 0.6 is 0 Å². The number of likely N-dealkylation sites (tertiary alicyclic amines) is 1. The molecule has 6 rings (SSSR count). The molecule has 3 aromatic carbocycles. The Bertz CT molecular complexity index is 1460. The summed E-state index contributed by atoms with van der Waals surface area (Å²) >= 11 is 0. The maximum Gasteiger partial charge on any atom is 0.244 e. The Morgan fingerprint density at radius 3 is 2.33 bits per heavy atom. The largest absolute Gasteiger partial charge is 0.323 e. The van der Waals surface area contributed by atoms with E-state index in [2.05, 4.69) is 10.2 Å². The molecule has 0 aliphatic carbocycles. The highest BCUT2D eigenvalue weighted by molar-refractivity contribution is 7.90. The topological polar surface area (TPSA) is 86.8 Å². The standard InChI is InChI=1S/C28H27N3O4S/c32-26-17-31(24-11-5-4-10-23(24)29-26)28(33)19-13-15-30(16-14-19)27-21-8-2-1-7-20(21)18-36(34,35)25-12-6-3-9-22(25)27/h1-12,19,27H,13-18H2,(H,29,32). The predicted octanol–water partition coefficient (Wildman–Crippen LogP) is 3.76. The number of carbonyl (C=O) groups excluding carboxylic acids is 2. The SMILES string of the molecule is O=C1CN(C(=O)C2CCN(C3c4ccccc4CS(=O)(=O)c4ccccc43)CC2)c2ccccc2N1. The van der Waals surface area contributed by atoms with Gasteiger partial charge < -0.3 is 10.2 Å². The number of hydrogen-bond acceptors (Lipinski definition) is 5. The molecule has 3 heterocycles. The van der Waals surface area contributed by atoms with Crippen LogP contribution < -0.4 is 10.2 Å². The molecule has 2 amide bonds. The van der Waals surface area contributed by atoms with E-state index in [0.29, 0.717) is 36.5 Å². The van der Waals surface area contributed by atoms with Crippen LogP contribution in [-0.2, 0) is 25.2 Å². The van der Waals surface area contributed by atoms with Crippen molar-refractivity contribution in [1.82, 2.24) is 4.90 Å². The summed E-state index contributed by atoms with van der Waals surface area (Å²) < 4.78 is 26.5. The summed E-state index contributed by atoms with van der Waals surface area (Å²) in [6.45, 7) is 1.34. The van der Waals surface area contributed by atoms with E-state index in [1.54, 1.807) is 17.0 Å². The van der Waals surface area contributed by atoms with Gasteiger partial charge >= 0.3 is 0 Å². The third-order valence-electron chi connectivity index (χ3n) is 7.52. The van der Waals surface area contributed by atoms with E-state index in [-0.39, 0.29) is 36.1 Å². The fraction of sp³-hybridized carbons (Fsp3) is 0.286. The number of hydrogen-bond donors (Lipinski definition) is 1. The molecule has 1 unspecified atom stereocenters. The average molecular weight is 502 g/mol. The molecule has 3 aliphatic rings. The molecule has 3 aromatic rings. The van der Waals surface area contributed by atoms with Gasteiger partial charge in [-0.3, -0.25) is 14.5 Å². The zero-order valence-corrected chi connectivity index (χ0v) is 20.6. The summed E-state index contributed by atoms with van der Waals surface area (Å²) in [5.41, 5.74) is 4.04. The van der Waals surface area contributed by atoms with Crippen molar-refractivity contribution in [1.29, 1.82) is 0 Å². The molecular weight excluding hydrogens is 474 g/mol. The second-order valence-electron chi connectivity index (χ2n) is 9.70. The van der Waals surface area contributed by atoms with E-state index in [9.17, 15) is 18.0 Å². The van der Waals surface area contributed by atoms with Gasteiger partial charge in [-0.25, -0.2) is 8.42 Å². The average Bonchev–Trinajstić information content (AvgIpc) is 2.99. The number of fused-ring (bicyclic) bond motifs is 3. The van der Waals surface area contributed by atoms with Gasteiger partial charge in [0.25, 0.3) is 0 Å². The van der Waals surface area contributed by atoms with Gasteiger partial charge in [-0.15, -0.1) is 0 Å². The Morgan fingerprint density at radius 2 is 1.53 bits per heavy atom. The summed E-state index contributed by atoms with van der Waals surface area (Å²) in [5.74, 6) is -0.420. The van der Waals surface area contributed by atoms with Crippen molar-refractivity contribution in [2.75, 3.05) is 29.9 Å². The first-order valence-corrected chi connectivity index (χ1v) is 13.9. The second-order valence-corrected chi connectivity index (χ2v) is 11.7. The summed E-state index contributed by atoms with van der Waals surface area (Å²) in [4.78, 5) is 30.1. The number of carbonyl (C=O) groups is 2. The minimum Gasteiger partial charge on any atom is -0.323 e. The van der Waals surface area contributed by atoms with Crippen molar-refractivity contribution < 1.29 is 18.0 Å². The van der Waals surface area contributed by atoms with E-state index in [0.717, 1.165) is 22.4 Å². The molecule has 0 spiro atoms. The van der Waals surface area contributed by atoms with Crippen molar-refractivity contribution in [2.24, 2.45) is 5.92 Å². The van der Waals surface area contributed by atoms with E-state index in [4.69, 9.17) is 0 Å². The molecule has 0 radical (unpaired) electrons. The van der Waals surface area contributed by atoms with Crippen LogP contribution in [0.25, 0.3) is 0 Å². The first-order chi connectivity index (χ1) is 17.4. The van der Waals surface area contributed by atoms with Crippen LogP contribution in [0.5, 0.6) is 0 Å². The number of piperidine rings is 1. The van der Waals surface area contributed by atoms with E-state index in [1.807, 2.05) is 60.7 Å². The van der Waals surface area contributed by atoms with Crippen LogP contribution in [-0.4, -0.2) is 44.8 Å². The Kier molecular flexibility index (Phi) is 5.65. The summed E-state index contributed by atoms with van der Waals surface area (Å²) in [7, 11) is -3.46. The van der Waals surface area contributed by atoms with Gasteiger partial charge in [0.2, 0.25) is 11.8 Å². The lowest BCUT2D eigenvalue weighted by molar-refractivity contribution is -0.126. The number of benzene rings is 3. The lowest BCUT2D eigenvalue weighted by Crippen LogP contribution is -2.48. The zero-order chi connectivity index (χ0) is 24.9. The molecule has 0 saturated carbocycles. The molecule has 1 saturated heterocycles. The maximum absolute atomic E-state index is 13.5. The van der Waals surface area contributed by atoms with Crippen molar-refractivity contribution in [3.63, 3.8) is 0 Å². The molecule has 8 heteroatoms. The molecule has 0 bridgehead atoms.